The minimum atomic E-state index is -0.887. The maximum absolute atomic E-state index is 12.6. The number of nitro groups is 1. The Kier molecular flexibility index (Phi) is 6.81. The summed E-state index contributed by atoms with van der Waals surface area (Å²) in [5, 5.41) is 25.1. The van der Waals surface area contributed by atoms with Crippen molar-refractivity contribution < 1.29 is 14.5 Å². The normalized spacial score (nSPS) is 11.9. The molecule has 0 aliphatic rings. The number of hydrogen-bond acceptors (Lipinski definition) is 7. The van der Waals surface area contributed by atoms with Crippen molar-refractivity contribution in [2.24, 2.45) is 5.92 Å². The van der Waals surface area contributed by atoms with Crippen LogP contribution >= 0.6 is 22.9 Å². The van der Waals surface area contributed by atoms with Crippen LogP contribution in [0, 0.1) is 16.0 Å². The average molecular weight is 412 g/mol. The van der Waals surface area contributed by atoms with E-state index in [0.29, 0.717) is 11.6 Å². The van der Waals surface area contributed by atoms with E-state index in [4.69, 9.17) is 11.6 Å². The lowest BCUT2D eigenvalue weighted by Crippen LogP contribution is -2.47. The summed E-state index contributed by atoms with van der Waals surface area (Å²) < 4.78 is 0. The zero-order valence-corrected chi connectivity index (χ0v) is 16.4. The molecule has 144 valence electrons. The molecule has 27 heavy (non-hydrogen) atoms. The molecule has 0 unspecified atom stereocenters. The maximum Gasteiger partial charge on any atom is 0.270 e. The van der Waals surface area contributed by atoms with Gasteiger partial charge < -0.3 is 5.32 Å². The van der Waals surface area contributed by atoms with Crippen molar-refractivity contribution in [3.63, 3.8) is 0 Å². The third-order valence-corrected chi connectivity index (χ3v) is 4.95. The number of hydrogen-bond donors (Lipinski definition) is 2. The molecule has 0 saturated heterocycles. The van der Waals surface area contributed by atoms with E-state index in [1.807, 2.05) is 6.92 Å². The Morgan fingerprint density at radius 1 is 1.33 bits per heavy atom. The van der Waals surface area contributed by atoms with E-state index in [1.165, 1.54) is 23.5 Å². The zero-order chi connectivity index (χ0) is 20.1. The van der Waals surface area contributed by atoms with Crippen LogP contribution in [-0.4, -0.2) is 33.0 Å². The highest BCUT2D eigenvalue weighted by Gasteiger charge is 2.27. The van der Waals surface area contributed by atoms with Crippen LogP contribution in [-0.2, 0) is 11.2 Å². The quantitative estimate of drug-likeness (QED) is 0.532. The lowest BCUT2D eigenvalue weighted by molar-refractivity contribution is -0.384. The minimum Gasteiger partial charge on any atom is -0.340 e. The van der Waals surface area contributed by atoms with Gasteiger partial charge in [0.25, 0.3) is 11.6 Å². The van der Waals surface area contributed by atoms with Gasteiger partial charge in [-0.2, -0.15) is 0 Å². The average Bonchev–Trinajstić information content (AvgIpc) is 3.06. The van der Waals surface area contributed by atoms with Crippen LogP contribution in [0.1, 0.15) is 36.1 Å². The van der Waals surface area contributed by atoms with Gasteiger partial charge in [0.15, 0.2) is 0 Å². The van der Waals surface area contributed by atoms with Crippen molar-refractivity contribution in [3.8, 4) is 0 Å². The van der Waals surface area contributed by atoms with Crippen LogP contribution in [0.4, 0.5) is 10.8 Å². The zero-order valence-electron chi connectivity index (χ0n) is 14.9. The number of aryl methyl sites for hydroxylation is 1. The van der Waals surface area contributed by atoms with Crippen LogP contribution < -0.4 is 10.6 Å². The standard InChI is InChI=1S/C16H18ClN5O4S/c1-4-12-20-21-16(27-12)19-15(24)13(8(2)3)18-14(23)10-7-9(22(25)26)5-6-11(10)17/h5-8,13H,4H2,1-3H3,(H,18,23)(H,19,21,24)/t13-/m1/s1. The molecule has 2 N–H and O–H groups in total. The van der Waals surface area contributed by atoms with Gasteiger partial charge in [-0.25, -0.2) is 0 Å². The minimum absolute atomic E-state index is 0.0534. The fraction of sp³-hybridized carbons (Fsp3) is 0.375. The SMILES string of the molecule is CCc1nnc(NC(=O)[C@H](NC(=O)c2cc([N+](=O)[O-])ccc2Cl)C(C)C)s1. The number of rotatable bonds is 7. The first kappa shape index (κ1) is 20.7. The van der Waals surface area contributed by atoms with Crippen molar-refractivity contribution in [1.29, 1.82) is 0 Å². The monoisotopic (exact) mass is 411 g/mol. The maximum atomic E-state index is 12.6. The summed E-state index contributed by atoms with van der Waals surface area (Å²) in [5.74, 6) is -1.38. The first-order chi connectivity index (χ1) is 12.7. The van der Waals surface area contributed by atoms with E-state index in [-0.39, 0.29) is 22.2 Å². The van der Waals surface area contributed by atoms with Crippen LogP contribution in [0.15, 0.2) is 18.2 Å². The van der Waals surface area contributed by atoms with Crippen LogP contribution in [0.2, 0.25) is 5.02 Å². The number of benzene rings is 1. The smallest absolute Gasteiger partial charge is 0.270 e. The summed E-state index contributed by atoms with van der Waals surface area (Å²) in [7, 11) is 0. The van der Waals surface area contributed by atoms with Gasteiger partial charge in [0.1, 0.15) is 11.0 Å². The van der Waals surface area contributed by atoms with Gasteiger partial charge in [0.05, 0.1) is 15.5 Å². The van der Waals surface area contributed by atoms with Crippen molar-refractivity contribution in [2.75, 3.05) is 5.32 Å². The molecule has 0 bridgehead atoms. The van der Waals surface area contributed by atoms with Crippen molar-refractivity contribution in [3.05, 3.63) is 43.9 Å². The van der Waals surface area contributed by atoms with Gasteiger partial charge in [-0.05, 0) is 18.4 Å². The Bertz CT molecular complexity index is 870. The van der Waals surface area contributed by atoms with Gasteiger partial charge >= 0.3 is 0 Å². The molecule has 2 amide bonds. The number of halogens is 1. The van der Waals surface area contributed by atoms with E-state index in [0.717, 1.165) is 11.1 Å². The van der Waals surface area contributed by atoms with Crippen LogP contribution in [0.3, 0.4) is 0 Å². The molecule has 0 aliphatic carbocycles. The molecule has 1 atom stereocenters. The summed E-state index contributed by atoms with van der Waals surface area (Å²) in [5.41, 5.74) is -0.343. The second-order valence-electron chi connectivity index (χ2n) is 5.96. The number of carbonyl (C=O) groups excluding carboxylic acids is 2. The number of carbonyl (C=O) groups is 2. The summed E-state index contributed by atoms with van der Waals surface area (Å²) in [6, 6.07) is 2.66. The molecule has 1 aromatic carbocycles. The number of nitrogens with one attached hydrogen (secondary N) is 2. The highest BCUT2D eigenvalue weighted by molar-refractivity contribution is 7.15. The second kappa shape index (κ2) is 8.87. The van der Waals surface area contributed by atoms with Crippen molar-refractivity contribution in [2.45, 2.75) is 33.2 Å². The number of aromatic nitrogens is 2. The fourth-order valence-electron chi connectivity index (χ4n) is 2.18. The molecule has 0 aliphatic heterocycles. The fourth-order valence-corrected chi connectivity index (χ4v) is 3.07. The molecule has 0 saturated carbocycles. The van der Waals surface area contributed by atoms with Gasteiger partial charge in [0, 0.05) is 12.1 Å². The first-order valence-corrected chi connectivity index (χ1v) is 9.30. The summed E-state index contributed by atoms with van der Waals surface area (Å²) in [6.45, 7) is 5.44. The van der Waals surface area contributed by atoms with Crippen molar-refractivity contribution >= 4 is 45.6 Å². The highest BCUT2D eigenvalue weighted by atomic mass is 35.5. The predicted octanol–water partition coefficient (Wildman–Crippen LogP) is 3.06. The first-order valence-electron chi connectivity index (χ1n) is 8.11. The molecule has 9 nitrogen and oxygen atoms in total. The second-order valence-corrected chi connectivity index (χ2v) is 7.43. The van der Waals surface area contributed by atoms with E-state index < -0.39 is 22.8 Å². The Morgan fingerprint density at radius 3 is 2.59 bits per heavy atom. The number of anilines is 1. The predicted molar refractivity (Wildman–Crippen MR) is 102 cm³/mol. The lowest BCUT2D eigenvalue weighted by Gasteiger charge is -2.21. The molecule has 1 aromatic heterocycles. The molecular formula is C16H18ClN5O4S. The molecule has 2 rings (SSSR count). The number of nitrogens with zero attached hydrogens (tertiary/aromatic N) is 3. The van der Waals surface area contributed by atoms with Gasteiger partial charge in [-0.15, -0.1) is 10.2 Å². The molecule has 0 spiro atoms. The van der Waals surface area contributed by atoms with E-state index >= 15 is 0 Å². The van der Waals surface area contributed by atoms with E-state index in [1.54, 1.807) is 13.8 Å². The highest BCUT2D eigenvalue weighted by Crippen LogP contribution is 2.23. The van der Waals surface area contributed by atoms with Crippen molar-refractivity contribution in [1.82, 2.24) is 15.5 Å². The Hall–Kier alpha value is -2.59. The summed E-state index contributed by atoms with van der Waals surface area (Å²) in [4.78, 5) is 35.4. The van der Waals surface area contributed by atoms with E-state index in [9.17, 15) is 19.7 Å². The lowest BCUT2D eigenvalue weighted by atomic mass is 10.0. The third-order valence-electron chi connectivity index (χ3n) is 3.64. The largest absolute Gasteiger partial charge is 0.340 e. The molecule has 2 aromatic rings. The van der Waals surface area contributed by atoms with Crippen LogP contribution in [0.25, 0.3) is 0 Å². The number of nitro benzene ring substituents is 1. The van der Waals surface area contributed by atoms with E-state index in [2.05, 4.69) is 20.8 Å². The van der Waals surface area contributed by atoms with Gasteiger partial charge in [-0.3, -0.25) is 25.0 Å². The summed E-state index contributed by atoms with van der Waals surface area (Å²) in [6.07, 6.45) is 0.698. The molecule has 0 radical (unpaired) electrons. The topological polar surface area (TPSA) is 127 Å². The number of non-ortho nitro benzene ring substituents is 1. The molecular weight excluding hydrogens is 394 g/mol. The van der Waals surface area contributed by atoms with Crippen LogP contribution in [0.5, 0.6) is 0 Å². The summed E-state index contributed by atoms with van der Waals surface area (Å²) >= 11 is 7.24. The molecule has 1 heterocycles. The Labute approximate surface area is 164 Å². The number of amides is 2. The Morgan fingerprint density at radius 2 is 2.04 bits per heavy atom. The molecule has 11 heteroatoms. The van der Waals surface area contributed by atoms with Gasteiger partial charge in [0.2, 0.25) is 11.0 Å². The Balaban J connectivity index is 2.17. The molecule has 0 fully saturated rings. The third kappa shape index (κ3) is 5.20. The van der Waals surface area contributed by atoms with Gasteiger partial charge in [-0.1, -0.05) is 43.7 Å².